The molecular formula is C22H16F2N2O2S. The first-order valence-corrected chi connectivity index (χ1v) is 9.85. The van der Waals surface area contributed by atoms with Crippen LogP contribution in [0.2, 0.25) is 0 Å². The number of aromatic nitrogens is 2. The fraction of sp³-hybridized carbons (Fsp3) is 0.0909. The highest BCUT2D eigenvalue weighted by molar-refractivity contribution is 7.98. The maximum atomic E-state index is 13.1. The quantitative estimate of drug-likeness (QED) is 0.403. The third kappa shape index (κ3) is 4.46. The Morgan fingerprint density at radius 1 is 0.931 bits per heavy atom. The molecule has 1 heterocycles. The van der Waals surface area contributed by atoms with Gasteiger partial charge in [-0.2, -0.15) is 0 Å². The summed E-state index contributed by atoms with van der Waals surface area (Å²) in [6, 6.07) is 19.0. The van der Waals surface area contributed by atoms with Gasteiger partial charge in [-0.1, -0.05) is 36.0 Å². The van der Waals surface area contributed by atoms with Crippen LogP contribution in [-0.4, -0.2) is 22.1 Å². The number of rotatable bonds is 6. The van der Waals surface area contributed by atoms with E-state index >= 15 is 0 Å². The average Bonchev–Trinajstić information content (AvgIpc) is 3.11. The molecule has 7 heteroatoms. The van der Waals surface area contributed by atoms with E-state index in [9.17, 15) is 13.6 Å². The minimum atomic E-state index is -0.372. The molecule has 0 aliphatic heterocycles. The maximum absolute atomic E-state index is 13.1. The normalized spacial score (nSPS) is 11.0. The van der Waals surface area contributed by atoms with Crippen LogP contribution >= 0.6 is 11.8 Å². The molecule has 4 aromatic rings. The molecule has 0 saturated carbocycles. The van der Waals surface area contributed by atoms with Gasteiger partial charge in [-0.15, -0.1) is 0 Å². The molecule has 146 valence electrons. The first kappa shape index (κ1) is 19.1. The molecule has 0 aliphatic rings. The number of fused-ring (bicyclic) bond motifs is 1. The minimum Gasteiger partial charge on any atom is -0.484 e. The van der Waals surface area contributed by atoms with Crippen LogP contribution in [0.1, 0.15) is 10.4 Å². The molecule has 4 rings (SSSR count). The van der Waals surface area contributed by atoms with Crippen molar-refractivity contribution in [1.29, 1.82) is 0 Å². The summed E-state index contributed by atoms with van der Waals surface area (Å²) in [6.07, 6.45) is 0. The first-order valence-electron chi connectivity index (χ1n) is 8.86. The fourth-order valence-electron chi connectivity index (χ4n) is 2.81. The van der Waals surface area contributed by atoms with Crippen molar-refractivity contribution in [3.8, 4) is 5.75 Å². The Bertz CT molecular complexity index is 1140. The lowest BCUT2D eigenvalue weighted by Gasteiger charge is -2.09. The van der Waals surface area contributed by atoms with Crippen molar-refractivity contribution >= 4 is 28.7 Å². The van der Waals surface area contributed by atoms with E-state index in [4.69, 9.17) is 4.74 Å². The Morgan fingerprint density at radius 3 is 2.31 bits per heavy atom. The first-order chi connectivity index (χ1) is 14.1. The maximum Gasteiger partial charge on any atom is 0.271 e. The van der Waals surface area contributed by atoms with Gasteiger partial charge < -0.3 is 4.74 Å². The van der Waals surface area contributed by atoms with Gasteiger partial charge >= 0.3 is 0 Å². The second-order valence-corrected chi connectivity index (χ2v) is 7.21. The summed E-state index contributed by atoms with van der Waals surface area (Å²) in [5.41, 5.74) is 2.30. The molecule has 0 amide bonds. The van der Waals surface area contributed by atoms with Crippen LogP contribution in [0.25, 0.3) is 11.0 Å². The van der Waals surface area contributed by atoms with Crippen LogP contribution < -0.4 is 4.74 Å². The van der Waals surface area contributed by atoms with Gasteiger partial charge in [-0.05, 0) is 54.1 Å². The Hall–Kier alpha value is -3.19. The SMILES string of the molecule is O=C(COc1ccc(F)cc1)n1c(SCc2ccc(F)cc2)nc2ccccc21. The highest BCUT2D eigenvalue weighted by Crippen LogP contribution is 2.27. The predicted molar refractivity (Wildman–Crippen MR) is 108 cm³/mol. The lowest BCUT2D eigenvalue weighted by Crippen LogP contribution is -2.20. The summed E-state index contributed by atoms with van der Waals surface area (Å²) in [7, 11) is 0. The van der Waals surface area contributed by atoms with Crippen LogP contribution in [0.4, 0.5) is 8.78 Å². The molecule has 0 bridgehead atoms. The Labute approximate surface area is 170 Å². The van der Waals surface area contributed by atoms with E-state index in [2.05, 4.69) is 4.98 Å². The summed E-state index contributed by atoms with van der Waals surface area (Å²) in [4.78, 5) is 17.5. The molecular weight excluding hydrogens is 394 g/mol. The summed E-state index contributed by atoms with van der Waals surface area (Å²) in [5.74, 6) is -0.00687. The zero-order chi connectivity index (χ0) is 20.2. The zero-order valence-corrected chi connectivity index (χ0v) is 16.0. The van der Waals surface area contributed by atoms with Crippen molar-refractivity contribution in [2.45, 2.75) is 10.9 Å². The van der Waals surface area contributed by atoms with Gasteiger partial charge in [0.15, 0.2) is 11.8 Å². The van der Waals surface area contributed by atoms with Crippen LogP contribution in [0.15, 0.2) is 78.0 Å². The summed E-state index contributed by atoms with van der Waals surface area (Å²) in [6.45, 7) is -0.212. The third-order valence-electron chi connectivity index (χ3n) is 4.24. The lowest BCUT2D eigenvalue weighted by atomic mass is 10.2. The smallest absolute Gasteiger partial charge is 0.271 e. The number of imidazole rings is 1. The van der Waals surface area contributed by atoms with Gasteiger partial charge in [0.25, 0.3) is 5.91 Å². The summed E-state index contributed by atoms with van der Waals surface area (Å²) in [5, 5.41) is 0.531. The standard InChI is InChI=1S/C22H16F2N2O2S/c23-16-7-5-15(6-8-16)14-29-22-25-19-3-1-2-4-20(19)26(22)21(27)13-28-18-11-9-17(24)10-12-18/h1-12H,13-14H2. The summed E-state index contributed by atoms with van der Waals surface area (Å²) < 4.78 is 33.2. The van der Waals surface area contributed by atoms with Crippen molar-refractivity contribution in [3.05, 3.63) is 90.0 Å². The van der Waals surface area contributed by atoms with Gasteiger partial charge in [-0.3, -0.25) is 9.36 Å². The molecule has 0 atom stereocenters. The minimum absolute atomic E-state index is 0.212. The van der Waals surface area contributed by atoms with Gasteiger partial charge in [0.1, 0.15) is 17.4 Å². The van der Waals surface area contributed by atoms with Crippen LogP contribution in [-0.2, 0) is 5.75 Å². The Kier molecular flexibility index (Phi) is 5.57. The lowest BCUT2D eigenvalue weighted by molar-refractivity contribution is 0.0832. The van der Waals surface area contributed by atoms with Gasteiger partial charge in [-0.25, -0.2) is 13.8 Å². The molecule has 29 heavy (non-hydrogen) atoms. The highest BCUT2D eigenvalue weighted by atomic mass is 32.2. The Balaban J connectivity index is 1.56. The largest absolute Gasteiger partial charge is 0.484 e. The van der Waals surface area contributed by atoms with Crippen molar-refractivity contribution in [2.24, 2.45) is 0 Å². The summed E-state index contributed by atoms with van der Waals surface area (Å²) >= 11 is 1.39. The van der Waals surface area contributed by atoms with Crippen LogP contribution in [0.3, 0.4) is 0 Å². The number of hydrogen-bond acceptors (Lipinski definition) is 4. The number of ether oxygens (including phenoxy) is 1. The molecule has 0 unspecified atom stereocenters. The topological polar surface area (TPSA) is 44.1 Å². The zero-order valence-electron chi connectivity index (χ0n) is 15.2. The second kappa shape index (κ2) is 8.45. The second-order valence-electron chi connectivity index (χ2n) is 6.27. The number of thioether (sulfide) groups is 1. The van der Waals surface area contributed by atoms with E-state index in [0.717, 1.165) is 5.56 Å². The van der Waals surface area contributed by atoms with E-state index in [0.29, 0.717) is 27.7 Å². The predicted octanol–water partition coefficient (Wildman–Crippen LogP) is 5.33. The molecule has 0 aliphatic carbocycles. The number of hydrogen-bond donors (Lipinski definition) is 0. The number of nitrogens with zero attached hydrogens (tertiary/aromatic N) is 2. The highest BCUT2D eigenvalue weighted by Gasteiger charge is 2.18. The molecule has 0 saturated heterocycles. The molecule has 0 fully saturated rings. The van der Waals surface area contributed by atoms with Crippen LogP contribution in [0, 0.1) is 11.6 Å². The molecule has 1 aromatic heterocycles. The number of para-hydroxylation sites is 2. The van der Waals surface area contributed by atoms with E-state index in [-0.39, 0.29) is 24.1 Å². The van der Waals surface area contributed by atoms with Crippen molar-refractivity contribution in [3.63, 3.8) is 0 Å². The monoisotopic (exact) mass is 410 g/mol. The van der Waals surface area contributed by atoms with E-state index in [1.54, 1.807) is 12.1 Å². The molecule has 0 N–H and O–H groups in total. The van der Waals surface area contributed by atoms with Crippen molar-refractivity contribution in [1.82, 2.24) is 9.55 Å². The van der Waals surface area contributed by atoms with Crippen molar-refractivity contribution < 1.29 is 18.3 Å². The molecule has 0 radical (unpaired) electrons. The van der Waals surface area contributed by atoms with E-state index < -0.39 is 0 Å². The van der Waals surface area contributed by atoms with E-state index in [1.807, 2.05) is 24.3 Å². The molecule has 3 aromatic carbocycles. The Morgan fingerprint density at radius 2 is 1.59 bits per heavy atom. The molecule has 4 nitrogen and oxygen atoms in total. The van der Waals surface area contributed by atoms with Gasteiger partial charge in [0, 0.05) is 5.75 Å². The average molecular weight is 410 g/mol. The number of halogens is 2. The third-order valence-corrected chi connectivity index (χ3v) is 5.25. The van der Waals surface area contributed by atoms with Crippen molar-refractivity contribution in [2.75, 3.05) is 6.61 Å². The van der Waals surface area contributed by atoms with E-state index in [1.165, 1.54) is 52.7 Å². The number of carbonyl (C=O) groups is 1. The fourth-order valence-corrected chi connectivity index (χ4v) is 3.79. The van der Waals surface area contributed by atoms with Gasteiger partial charge in [0.2, 0.25) is 0 Å². The number of benzene rings is 3. The number of carbonyl (C=O) groups excluding carboxylic acids is 1. The van der Waals surface area contributed by atoms with Gasteiger partial charge in [0.05, 0.1) is 11.0 Å². The molecule has 0 spiro atoms. The van der Waals surface area contributed by atoms with Crippen LogP contribution in [0.5, 0.6) is 5.75 Å².